The highest BCUT2D eigenvalue weighted by Crippen LogP contribution is 2.43. The zero-order valence-corrected chi connectivity index (χ0v) is 14.0. The first-order chi connectivity index (χ1) is 11.2. The highest BCUT2D eigenvalue weighted by Gasteiger charge is 2.48. The summed E-state index contributed by atoms with van der Waals surface area (Å²) in [7, 11) is 0. The Bertz CT molecular complexity index is 580. The number of rotatable bonds is 2. The maximum Gasteiger partial charge on any atom is 0.227 e. The molecule has 1 aromatic carbocycles. The van der Waals surface area contributed by atoms with Crippen molar-refractivity contribution in [2.45, 2.75) is 38.6 Å². The van der Waals surface area contributed by atoms with E-state index in [4.69, 9.17) is 4.74 Å². The van der Waals surface area contributed by atoms with E-state index in [1.54, 1.807) is 0 Å². The van der Waals surface area contributed by atoms with E-state index >= 15 is 0 Å². The molecule has 4 rings (SSSR count). The van der Waals surface area contributed by atoms with Gasteiger partial charge in [-0.1, -0.05) is 17.7 Å². The van der Waals surface area contributed by atoms with Crippen molar-refractivity contribution in [3.05, 3.63) is 29.8 Å². The Hall–Kier alpha value is -1.39. The summed E-state index contributed by atoms with van der Waals surface area (Å²) in [6.07, 6.45) is 4.15. The summed E-state index contributed by atoms with van der Waals surface area (Å²) in [5.41, 5.74) is 2.46. The summed E-state index contributed by atoms with van der Waals surface area (Å²) in [6.45, 7) is 6.96. The van der Waals surface area contributed by atoms with Gasteiger partial charge in [-0.3, -0.25) is 9.69 Å². The van der Waals surface area contributed by atoms with Crippen LogP contribution in [0.15, 0.2) is 24.3 Å². The van der Waals surface area contributed by atoms with Crippen LogP contribution in [0.4, 0.5) is 5.69 Å². The van der Waals surface area contributed by atoms with Crippen molar-refractivity contribution in [1.29, 1.82) is 0 Å². The van der Waals surface area contributed by atoms with Gasteiger partial charge in [-0.2, -0.15) is 0 Å². The van der Waals surface area contributed by atoms with E-state index in [1.165, 1.54) is 5.56 Å². The minimum absolute atomic E-state index is 0.167. The lowest BCUT2D eigenvalue weighted by atomic mass is 9.86. The maximum atomic E-state index is 12.6. The van der Waals surface area contributed by atoms with E-state index < -0.39 is 0 Å². The van der Waals surface area contributed by atoms with Gasteiger partial charge < -0.3 is 9.64 Å². The predicted molar refractivity (Wildman–Crippen MR) is 90.6 cm³/mol. The number of amides is 1. The number of carbonyl (C=O) groups excluding carboxylic acids is 1. The third kappa shape index (κ3) is 2.90. The van der Waals surface area contributed by atoms with Crippen molar-refractivity contribution < 1.29 is 9.53 Å². The molecule has 4 nitrogen and oxygen atoms in total. The zero-order chi connectivity index (χ0) is 15.9. The summed E-state index contributed by atoms with van der Waals surface area (Å²) < 4.78 is 5.49. The molecule has 0 bridgehead atoms. The third-order valence-corrected chi connectivity index (χ3v) is 5.84. The smallest absolute Gasteiger partial charge is 0.227 e. The van der Waals surface area contributed by atoms with Gasteiger partial charge in [0, 0.05) is 49.9 Å². The summed E-state index contributed by atoms with van der Waals surface area (Å²) in [5.74, 6) is 0.294. The van der Waals surface area contributed by atoms with Crippen molar-refractivity contribution in [3.8, 4) is 0 Å². The highest BCUT2D eigenvalue weighted by molar-refractivity contribution is 5.96. The van der Waals surface area contributed by atoms with Crippen LogP contribution in [0.1, 0.15) is 31.2 Å². The third-order valence-electron chi connectivity index (χ3n) is 5.84. The van der Waals surface area contributed by atoms with Gasteiger partial charge in [0.15, 0.2) is 0 Å². The molecule has 0 saturated carbocycles. The van der Waals surface area contributed by atoms with E-state index in [0.29, 0.717) is 18.4 Å². The van der Waals surface area contributed by atoms with E-state index in [2.05, 4.69) is 36.1 Å². The van der Waals surface area contributed by atoms with Gasteiger partial charge in [-0.25, -0.2) is 0 Å². The van der Waals surface area contributed by atoms with Crippen molar-refractivity contribution in [2.24, 2.45) is 5.41 Å². The quantitative estimate of drug-likeness (QED) is 0.841. The molecule has 3 aliphatic rings. The Labute approximate surface area is 138 Å². The largest absolute Gasteiger partial charge is 0.381 e. The Balaban J connectivity index is 1.46. The van der Waals surface area contributed by atoms with Crippen molar-refractivity contribution >= 4 is 11.6 Å². The van der Waals surface area contributed by atoms with Gasteiger partial charge in [0.25, 0.3) is 0 Å². The van der Waals surface area contributed by atoms with Gasteiger partial charge in [0.05, 0.1) is 0 Å². The number of anilines is 1. The fourth-order valence-corrected chi connectivity index (χ4v) is 4.46. The van der Waals surface area contributed by atoms with Crippen molar-refractivity contribution in [2.75, 3.05) is 37.7 Å². The molecule has 23 heavy (non-hydrogen) atoms. The average molecular weight is 314 g/mol. The number of nitrogens with zero attached hydrogens (tertiary/aromatic N) is 2. The molecule has 0 radical (unpaired) electrons. The molecule has 3 aliphatic heterocycles. The molecule has 1 atom stereocenters. The minimum Gasteiger partial charge on any atom is -0.381 e. The number of hydrogen-bond acceptors (Lipinski definition) is 3. The average Bonchev–Trinajstić information content (AvgIpc) is 3.13. The van der Waals surface area contributed by atoms with E-state index in [9.17, 15) is 4.79 Å². The minimum atomic E-state index is 0.167. The zero-order valence-electron chi connectivity index (χ0n) is 14.0. The first kappa shape index (κ1) is 15.2. The molecule has 1 amide bonds. The van der Waals surface area contributed by atoms with Crippen LogP contribution in [0.5, 0.6) is 0 Å². The Morgan fingerprint density at radius 3 is 2.61 bits per heavy atom. The van der Waals surface area contributed by atoms with Gasteiger partial charge in [-0.05, 0) is 44.9 Å². The SMILES string of the molecule is Cc1ccc(N2C[C@]3(CCN(C4CCOCC4)C3)CC2=O)cc1. The Morgan fingerprint density at radius 1 is 1.13 bits per heavy atom. The van der Waals surface area contributed by atoms with Crippen molar-refractivity contribution in [1.82, 2.24) is 4.90 Å². The molecule has 3 heterocycles. The molecule has 124 valence electrons. The Kier molecular flexibility index (Phi) is 3.90. The van der Waals surface area contributed by atoms with E-state index in [0.717, 1.165) is 57.8 Å². The molecule has 3 fully saturated rings. The molecule has 3 saturated heterocycles. The summed E-state index contributed by atoms with van der Waals surface area (Å²) in [6, 6.07) is 9.01. The van der Waals surface area contributed by atoms with Gasteiger partial charge >= 0.3 is 0 Å². The van der Waals surface area contributed by atoms with Gasteiger partial charge in [-0.15, -0.1) is 0 Å². The molecular weight excluding hydrogens is 288 g/mol. The predicted octanol–water partition coefficient (Wildman–Crippen LogP) is 2.60. The molecule has 0 N–H and O–H groups in total. The monoisotopic (exact) mass is 314 g/mol. The topological polar surface area (TPSA) is 32.8 Å². The molecule has 0 unspecified atom stereocenters. The normalized spacial score (nSPS) is 29.8. The van der Waals surface area contributed by atoms with Crippen molar-refractivity contribution in [3.63, 3.8) is 0 Å². The number of hydrogen-bond donors (Lipinski definition) is 0. The van der Waals surface area contributed by atoms with Crippen LogP contribution in [0.25, 0.3) is 0 Å². The standard InChI is InChI=1S/C19H26N2O2/c1-15-2-4-17(5-3-15)21-14-19(12-18(21)22)8-9-20(13-19)16-6-10-23-11-7-16/h2-5,16H,6-14H2,1H3/t19-/m1/s1. The molecule has 0 aliphatic carbocycles. The lowest BCUT2D eigenvalue weighted by Crippen LogP contribution is -2.40. The number of likely N-dealkylation sites (tertiary alicyclic amines) is 1. The molecule has 0 aromatic heterocycles. The second-order valence-corrected chi connectivity index (χ2v) is 7.56. The lowest BCUT2D eigenvalue weighted by molar-refractivity contribution is -0.117. The highest BCUT2D eigenvalue weighted by atomic mass is 16.5. The van der Waals surface area contributed by atoms with Crippen LogP contribution in [0.2, 0.25) is 0 Å². The number of ether oxygens (including phenoxy) is 1. The lowest BCUT2D eigenvalue weighted by Gasteiger charge is -2.32. The molecule has 4 heteroatoms. The molecule has 1 aromatic rings. The Morgan fingerprint density at radius 2 is 1.87 bits per heavy atom. The van der Waals surface area contributed by atoms with Gasteiger partial charge in [0.1, 0.15) is 0 Å². The van der Waals surface area contributed by atoms with Crippen LogP contribution in [-0.2, 0) is 9.53 Å². The number of carbonyl (C=O) groups is 1. The van der Waals surface area contributed by atoms with Crippen LogP contribution in [0, 0.1) is 12.3 Å². The molecule has 1 spiro atoms. The van der Waals surface area contributed by atoms with Crippen LogP contribution in [-0.4, -0.2) is 49.7 Å². The summed E-state index contributed by atoms with van der Waals surface area (Å²) >= 11 is 0. The second-order valence-electron chi connectivity index (χ2n) is 7.56. The van der Waals surface area contributed by atoms with Crippen LogP contribution >= 0.6 is 0 Å². The van der Waals surface area contributed by atoms with E-state index in [-0.39, 0.29) is 5.41 Å². The fourth-order valence-electron chi connectivity index (χ4n) is 4.46. The number of benzene rings is 1. The summed E-state index contributed by atoms with van der Waals surface area (Å²) in [4.78, 5) is 17.2. The van der Waals surface area contributed by atoms with Crippen LogP contribution in [0.3, 0.4) is 0 Å². The second kappa shape index (κ2) is 5.91. The maximum absolute atomic E-state index is 12.6. The summed E-state index contributed by atoms with van der Waals surface area (Å²) in [5, 5.41) is 0. The first-order valence-corrected chi connectivity index (χ1v) is 8.84. The van der Waals surface area contributed by atoms with Gasteiger partial charge in [0.2, 0.25) is 5.91 Å². The number of aryl methyl sites for hydroxylation is 1. The fraction of sp³-hybridized carbons (Fsp3) is 0.632. The first-order valence-electron chi connectivity index (χ1n) is 8.84. The molecular formula is C19H26N2O2. The van der Waals surface area contributed by atoms with Crippen LogP contribution < -0.4 is 4.90 Å². The van der Waals surface area contributed by atoms with E-state index in [1.807, 2.05) is 4.90 Å².